The van der Waals surface area contributed by atoms with Gasteiger partial charge in [0, 0.05) is 23.2 Å². The normalized spacial score (nSPS) is 21.6. The van der Waals surface area contributed by atoms with Gasteiger partial charge in [-0.2, -0.15) is 5.10 Å². The van der Waals surface area contributed by atoms with E-state index >= 15 is 0 Å². The molecule has 2 aliphatic rings. The zero-order valence-electron chi connectivity index (χ0n) is 13.7. The molecular weight excluding hydrogens is 284 g/mol. The smallest absolute Gasteiger partial charge is 0.0568 e. The Bertz CT molecular complexity index is 607. The topological polar surface area (TPSA) is 44.0 Å². The van der Waals surface area contributed by atoms with Crippen molar-refractivity contribution in [3.8, 4) is 11.1 Å². The number of hydrogen-bond acceptors (Lipinski definition) is 3. The van der Waals surface area contributed by atoms with Crippen LogP contribution in [0, 0.1) is 0 Å². The number of nitrogens with zero attached hydrogens (tertiary/aromatic N) is 2. The largest absolute Gasteiger partial charge is 0.317 e. The van der Waals surface area contributed by atoms with Gasteiger partial charge in [-0.05, 0) is 57.4 Å². The van der Waals surface area contributed by atoms with E-state index in [4.69, 9.17) is 0 Å². The molecule has 0 amide bonds. The first-order valence-electron chi connectivity index (χ1n) is 8.95. The van der Waals surface area contributed by atoms with Gasteiger partial charge in [0.25, 0.3) is 0 Å². The van der Waals surface area contributed by atoms with E-state index in [1.807, 2.05) is 6.20 Å². The Labute approximate surface area is 138 Å². The molecule has 4 nitrogen and oxygen atoms in total. The molecular formula is C19H26N4. The van der Waals surface area contributed by atoms with Gasteiger partial charge >= 0.3 is 0 Å². The molecule has 2 aliphatic heterocycles. The first-order valence-corrected chi connectivity index (χ1v) is 8.95. The third kappa shape index (κ3) is 3.19. The zero-order valence-corrected chi connectivity index (χ0v) is 13.7. The summed E-state index contributed by atoms with van der Waals surface area (Å²) in [6.07, 6.45) is 7.09. The van der Waals surface area contributed by atoms with E-state index in [0.29, 0.717) is 5.92 Å². The molecule has 23 heavy (non-hydrogen) atoms. The van der Waals surface area contributed by atoms with Crippen LogP contribution >= 0.6 is 0 Å². The van der Waals surface area contributed by atoms with Crippen molar-refractivity contribution in [2.45, 2.75) is 37.6 Å². The van der Waals surface area contributed by atoms with Crippen LogP contribution in [0.2, 0.25) is 0 Å². The number of likely N-dealkylation sites (tertiary alicyclic amines) is 1. The Morgan fingerprint density at radius 2 is 1.70 bits per heavy atom. The lowest BCUT2D eigenvalue weighted by atomic mass is 9.88. The molecule has 0 bridgehead atoms. The van der Waals surface area contributed by atoms with Crippen molar-refractivity contribution in [1.82, 2.24) is 20.4 Å². The predicted octanol–water partition coefficient (Wildman–Crippen LogP) is 3.01. The summed E-state index contributed by atoms with van der Waals surface area (Å²) in [4.78, 5) is 2.72. The van der Waals surface area contributed by atoms with Gasteiger partial charge in [0.1, 0.15) is 0 Å². The summed E-state index contributed by atoms with van der Waals surface area (Å²) in [6.45, 7) is 4.82. The van der Waals surface area contributed by atoms with Crippen LogP contribution in [0.1, 0.15) is 37.3 Å². The number of piperidine rings is 2. The van der Waals surface area contributed by atoms with Gasteiger partial charge in [0.2, 0.25) is 0 Å². The van der Waals surface area contributed by atoms with Crippen LogP contribution in [0.3, 0.4) is 0 Å². The summed E-state index contributed by atoms with van der Waals surface area (Å²) < 4.78 is 0. The molecule has 0 radical (unpaired) electrons. The highest BCUT2D eigenvalue weighted by Crippen LogP contribution is 2.34. The molecule has 4 rings (SSSR count). The minimum absolute atomic E-state index is 0.616. The van der Waals surface area contributed by atoms with Crippen molar-refractivity contribution < 1.29 is 0 Å². The van der Waals surface area contributed by atoms with E-state index in [0.717, 1.165) is 6.04 Å². The second-order valence-electron chi connectivity index (χ2n) is 6.85. The van der Waals surface area contributed by atoms with Crippen LogP contribution in [0.5, 0.6) is 0 Å². The number of benzene rings is 1. The Kier molecular flexibility index (Phi) is 4.44. The maximum Gasteiger partial charge on any atom is 0.0568 e. The fourth-order valence-corrected chi connectivity index (χ4v) is 4.18. The van der Waals surface area contributed by atoms with E-state index < -0.39 is 0 Å². The number of aromatic amines is 1. The molecule has 2 N–H and O–H groups in total. The van der Waals surface area contributed by atoms with Crippen molar-refractivity contribution in [2.24, 2.45) is 0 Å². The van der Waals surface area contributed by atoms with E-state index in [-0.39, 0.29) is 0 Å². The highest BCUT2D eigenvalue weighted by Gasteiger charge is 2.28. The fraction of sp³-hybridized carbons (Fsp3) is 0.526. The Morgan fingerprint density at radius 3 is 2.43 bits per heavy atom. The second kappa shape index (κ2) is 6.85. The van der Waals surface area contributed by atoms with Gasteiger partial charge in [-0.1, -0.05) is 30.3 Å². The van der Waals surface area contributed by atoms with Crippen LogP contribution in [-0.2, 0) is 0 Å². The lowest BCUT2D eigenvalue weighted by molar-refractivity contribution is 0.126. The van der Waals surface area contributed by atoms with Crippen LogP contribution in [0.4, 0.5) is 0 Å². The molecule has 0 unspecified atom stereocenters. The molecule has 0 spiro atoms. The van der Waals surface area contributed by atoms with E-state index in [2.05, 4.69) is 50.7 Å². The summed E-state index contributed by atoms with van der Waals surface area (Å²) in [5.41, 5.74) is 3.89. The third-order valence-electron chi connectivity index (χ3n) is 5.52. The Balaban J connectivity index is 1.44. The fourth-order valence-electron chi connectivity index (χ4n) is 4.18. The van der Waals surface area contributed by atoms with Gasteiger partial charge < -0.3 is 10.2 Å². The monoisotopic (exact) mass is 310 g/mol. The number of nitrogens with one attached hydrogen (secondary N) is 2. The molecule has 2 saturated heterocycles. The summed E-state index contributed by atoms with van der Waals surface area (Å²) in [5, 5.41) is 11.1. The summed E-state index contributed by atoms with van der Waals surface area (Å²) in [7, 11) is 0. The first-order chi connectivity index (χ1) is 11.4. The average Bonchev–Trinajstić information content (AvgIpc) is 3.13. The Hall–Kier alpha value is -1.65. The van der Waals surface area contributed by atoms with Crippen molar-refractivity contribution in [3.05, 3.63) is 42.2 Å². The third-order valence-corrected chi connectivity index (χ3v) is 5.52. The summed E-state index contributed by atoms with van der Waals surface area (Å²) >= 11 is 0. The SMILES string of the molecule is c1ccc(-c2cn[nH]c2C2CCN(C3CCNCC3)CC2)cc1. The highest BCUT2D eigenvalue weighted by atomic mass is 15.2. The van der Waals surface area contributed by atoms with Crippen molar-refractivity contribution >= 4 is 0 Å². The standard InChI is InChI=1S/C19H26N4/c1-2-4-15(5-3-1)18-14-21-22-19(18)16-8-12-23(13-9-16)17-6-10-20-11-7-17/h1-5,14,16-17,20H,6-13H2,(H,21,22). The average molecular weight is 310 g/mol. The minimum atomic E-state index is 0.616. The van der Waals surface area contributed by atoms with Crippen molar-refractivity contribution in [2.75, 3.05) is 26.2 Å². The van der Waals surface area contributed by atoms with Crippen LogP contribution in [-0.4, -0.2) is 47.3 Å². The van der Waals surface area contributed by atoms with Gasteiger partial charge in [-0.25, -0.2) is 0 Å². The molecule has 2 fully saturated rings. The molecule has 1 aromatic heterocycles. The van der Waals surface area contributed by atoms with Gasteiger partial charge in [-0.3, -0.25) is 5.10 Å². The van der Waals surface area contributed by atoms with Gasteiger partial charge in [0.15, 0.2) is 0 Å². The predicted molar refractivity (Wildman–Crippen MR) is 93.5 cm³/mol. The lowest BCUT2D eigenvalue weighted by Gasteiger charge is -2.39. The van der Waals surface area contributed by atoms with Crippen LogP contribution < -0.4 is 5.32 Å². The van der Waals surface area contributed by atoms with Gasteiger partial charge in [0.05, 0.1) is 6.20 Å². The van der Waals surface area contributed by atoms with Crippen LogP contribution in [0.25, 0.3) is 11.1 Å². The van der Waals surface area contributed by atoms with E-state index in [1.54, 1.807) is 0 Å². The Morgan fingerprint density at radius 1 is 0.957 bits per heavy atom. The molecule has 0 aliphatic carbocycles. The van der Waals surface area contributed by atoms with Gasteiger partial charge in [-0.15, -0.1) is 0 Å². The lowest BCUT2D eigenvalue weighted by Crippen LogP contribution is -2.46. The van der Waals surface area contributed by atoms with E-state index in [1.165, 1.54) is 68.7 Å². The molecule has 0 atom stereocenters. The molecule has 3 heterocycles. The molecule has 122 valence electrons. The second-order valence-corrected chi connectivity index (χ2v) is 6.85. The maximum absolute atomic E-state index is 4.34. The number of H-pyrrole nitrogens is 1. The zero-order chi connectivity index (χ0) is 15.5. The first kappa shape index (κ1) is 14.9. The number of hydrogen-bond donors (Lipinski definition) is 2. The molecule has 4 heteroatoms. The highest BCUT2D eigenvalue weighted by molar-refractivity contribution is 5.65. The summed E-state index contributed by atoms with van der Waals surface area (Å²) in [5.74, 6) is 0.616. The maximum atomic E-state index is 4.34. The number of aromatic nitrogens is 2. The van der Waals surface area contributed by atoms with E-state index in [9.17, 15) is 0 Å². The van der Waals surface area contributed by atoms with Crippen molar-refractivity contribution in [1.29, 1.82) is 0 Å². The quantitative estimate of drug-likeness (QED) is 0.916. The molecule has 2 aromatic rings. The van der Waals surface area contributed by atoms with Crippen LogP contribution in [0.15, 0.2) is 36.5 Å². The molecule has 0 saturated carbocycles. The molecule has 1 aromatic carbocycles. The number of rotatable bonds is 3. The van der Waals surface area contributed by atoms with Crippen molar-refractivity contribution in [3.63, 3.8) is 0 Å². The summed E-state index contributed by atoms with van der Waals surface area (Å²) in [6, 6.07) is 11.4. The minimum Gasteiger partial charge on any atom is -0.317 e.